The second-order valence-electron chi connectivity index (χ2n) is 7.53. The van der Waals surface area contributed by atoms with Crippen LogP contribution in [0.25, 0.3) is 0 Å². The highest BCUT2D eigenvalue weighted by atomic mass is 35.5. The summed E-state index contributed by atoms with van der Waals surface area (Å²) < 4.78 is 6.32. The molecule has 4 rings (SSSR count). The molecule has 0 bridgehead atoms. The molecule has 27 heavy (non-hydrogen) atoms. The molecule has 1 spiro atoms. The molecule has 2 aromatic rings. The quantitative estimate of drug-likeness (QED) is 0.792. The van der Waals surface area contributed by atoms with E-state index in [1.165, 1.54) is 0 Å². The number of rotatable bonds is 3. The van der Waals surface area contributed by atoms with Crippen molar-refractivity contribution in [3.8, 4) is 5.75 Å². The number of aliphatic hydroxyl groups excluding tert-OH is 2. The van der Waals surface area contributed by atoms with Crippen LogP contribution in [0.3, 0.4) is 0 Å². The monoisotopic (exact) mass is 407 g/mol. The van der Waals surface area contributed by atoms with Crippen LogP contribution < -0.4 is 4.74 Å². The minimum Gasteiger partial charge on any atom is -0.487 e. The summed E-state index contributed by atoms with van der Waals surface area (Å²) in [5, 5.41) is 22.0. The molecule has 0 radical (unpaired) electrons. The van der Waals surface area contributed by atoms with E-state index in [2.05, 4.69) is 4.90 Å². The smallest absolute Gasteiger partial charge is 0.125 e. The molecule has 2 aliphatic rings. The van der Waals surface area contributed by atoms with Crippen LogP contribution in [0.15, 0.2) is 42.5 Å². The molecule has 4 nitrogen and oxygen atoms in total. The molecule has 0 aliphatic carbocycles. The van der Waals surface area contributed by atoms with E-state index in [1.54, 1.807) is 12.1 Å². The van der Waals surface area contributed by atoms with Gasteiger partial charge in [-0.2, -0.15) is 0 Å². The first-order chi connectivity index (χ1) is 13.0. The van der Waals surface area contributed by atoms with Crippen molar-refractivity contribution in [2.24, 2.45) is 0 Å². The van der Waals surface area contributed by atoms with Crippen LogP contribution in [0.4, 0.5) is 0 Å². The summed E-state index contributed by atoms with van der Waals surface area (Å²) in [5.74, 6) is 0.792. The molecule has 1 fully saturated rings. The molecule has 6 heteroatoms. The Hall–Kier alpha value is -1.30. The Morgan fingerprint density at radius 1 is 1.11 bits per heavy atom. The molecule has 2 N–H and O–H groups in total. The lowest BCUT2D eigenvalue weighted by molar-refractivity contribution is -0.0587. The number of ether oxygens (including phenoxy) is 1. The number of aliphatic hydroxyl groups is 2. The summed E-state index contributed by atoms with van der Waals surface area (Å²) in [6.07, 6.45) is 1.17. The highest BCUT2D eigenvalue weighted by molar-refractivity contribution is 6.42. The van der Waals surface area contributed by atoms with E-state index in [0.717, 1.165) is 42.8 Å². The lowest BCUT2D eigenvalue weighted by atomic mass is 9.81. The number of piperidine rings is 1. The number of hydrogen-bond acceptors (Lipinski definition) is 4. The van der Waals surface area contributed by atoms with Crippen molar-refractivity contribution in [1.82, 2.24) is 4.90 Å². The van der Waals surface area contributed by atoms with E-state index in [0.29, 0.717) is 23.0 Å². The Bertz CT molecular complexity index is 821. The normalized spacial score (nSPS) is 22.9. The highest BCUT2D eigenvalue weighted by Crippen LogP contribution is 2.44. The molecule has 2 aliphatic heterocycles. The first-order valence-corrected chi connectivity index (χ1v) is 10.0. The molecule has 0 saturated carbocycles. The van der Waals surface area contributed by atoms with Crippen LogP contribution in [0.2, 0.25) is 10.0 Å². The van der Waals surface area contributed by atoms with Gasteiger partial charge < -0.3 is 19.8 Å². The predicted octanol–water partition coefficient (Wildman–Crippen LogP) is 4.38. The van der Waals surface area contributed by atoms with E-state index in [1.807, 2.05) is 30.3 Å². The van der Waals surface area contributed by atoms with Crippen molar-refractivity contribution in [3.63, 3.8) is 0 Å². The zero-order valence-electron chi connectivity index (χ0n) is 14.9. The van der Waals surface area contributed by atoms with Crippen molar-refractivity contribution >= 4 is 23.2 Å². The Balaban J connectivity index is 1.38. The zero-order chi connectivity index (χ0) is 19.0. The van der Waals surface area contributed by atoms with Gasteiger partial charge in [-0.1, -0.05) is 47.5 Å². The molecule has 0 amide bonds. The van der Waals surface area contributed by atoms with E-state index in [4.69, 9.17) is 27.9 Å². The van der Waals surface area contributed by atoms with Gasteiger partial charge in [0.25, 0.3) is 0 Å². The Kier molecular flexibility index (Phi) is 5.36. The fourth-order valence-electron chi connectivity index (χ4n) is 4.10. The van der Waals surface area contributed by atoms with Crippen molar-refractivity contribution in [3.05, 3.63) is 63.6 Å². The van der Waals surface area contributed by atoms with Crippen LogP contribution >= 0.6 is 23.2 Å². The lowest BCUT2D eigenvalue weighted by Crippen LogP contribution is -2.51. The third-order valence-electron chi connectivity index (χ3n) is 5.70. The number of likely N-dealkylation sites (tertiary alicyclic amines) is 1. The molecule has 0 aromatic heterocycles. The lowest BCUT2D eigenvalue weighted by Gasteiger charge is -2.46. The summed E-state index contributed by atoms with van der Waals surface area (Å²) in [6, 6.07) is 13.0. The van der Waals surface area contributed by atoms with E-state index in [9.17, 15) is 10.2 Å². The van der Waals surface area contributed by atoms with E-state index in [-0.39, 0.29) is 5.60 Å². The molecule has 2 aromatic carbocycles. The van der Waals surface area contributed by atoms with Crippen LogP contribution in [0, 0.1) is 0 Å². The fourth-order valence-corrected chi connectivity index (χ4v) is 4.41. The topological polar surface area (TPSA) is 52.9 Å². The van der Waals surface area contributed by atoms with Crippen molar-refractivity contribution in [2.75, 3.05) is 19.6 Å². The van der Waals surface area contributed by atoms with Gasteiger partial charge in [0.05, 0.1) is 22.3 Å². The average Bonchev–Trinajstić information content (AvgIpc) is 2.66. The molecule has 1 saturated heterocycles. The number of benzene rings is 2. The zero-order valence-corrected chi connectivity index (χ0v) is 16.5. The number of para-hydroxylation sites is 1. The van der Waals surface area contributed by atoms with Crippen LogP contribution in [0.5, 0.6) is 5.75 Å². The van der Waals surface area contributed by atoms with Crippen LogP contribution in [-0.4, -0.2) is 40.3 Å². The van der Waals surface area contributed by atoms with Gasteiger partial charge in [0.1, 0.15) is 11.4 Å². The van der Waals surface area contributed by atoms with E-state index >= 15 is 0 Å². The predicted molar refractivity (Wildman–Crippen MR) is 106 cm³/mol. The Morgan fingerprint density at radius 3 is 2.59 bits per heavy atom. The minimum atomic E-state index is -0.618. The Labute approximate surface area is 169 Å². The number of fused-ring (bicyclic) bond motifs is 1. The molecule has 144 valence electrons. The number of halogens is 2. The van der Waals surface area contributed by atoms with Crippen molar-refractivity contribution in [2.45, 2.75) is 37.1 Å². The molecular formula is C21H23Cl2NO3. The molecule has 2 heterocycles. The van der Waals surface area contributed by atoms with Gasteiger partial charge in [-0.3, -0.25) is 0 Å². The second kappa shape index (κ2) is 7.61. The van der Waals surface area contributed by atoms with Gasteiger partial charge >= 0.3 is 0 Å². The molecule has 2 unspecified atom stereocenters. The summed E-state index contributed by atoms with van der Waals surface area (Å²) in [4.78, 5) is 2.23. The fraction of sp³-hybridized carbons (Fsp3) is 0.429. The SMILES string of the molecule is OC(CN1CCC2(CC1)CC(O)c1ccccc1O2)c1ccc(Cl)c(Cl)c1. The largest absolute Gasteiger partial charge is 0.487 e. The highest BCUT2D eigenvalue weighted by Gasteiger charge is 2.42. The standard InChI is InChI=1S/C21H23Cl2NO3/c22-16-6-5-14(11-17(16)23)19(26)13-24-9-7-21(8-10-24)12-18(25)15-3-1-2-4-20(15)27-21/h1-6,11,18-19,25-26H,7-10,12-13H2. The number of hydrogen-bond donors (Lipinski definition) is 2. The summed E-state index contributed by atoms with van der Waals surface area (Å²) in [6.45, 7) is 2.16. The van der Waals surface area contributed by atoms with Gasteiger partial charge in [-0.25, -0.2) is 0 Å². The first kappa shape index (κ1) is 19.0. The first-order valence-electron chi connectivity index (χ1n) is 9.27. The number of β-amino-alcohol motifs (C(OH)–C–C–N with tert-alkyl or cyclic N) is 1. The summed E-state index contributed by atoms with van der Waals surface area (Å²) in [7, 11) is 0. The van der Waals surface area contributed by atoms with Gasteiger partial charge in [0.2, 0.25) is 0 Å². The third-order valence-corrected chi connectivity index (χ3v) is 6.44. The van der Waals surface area contributed by atoms with Gasteiger partial charge in [-0.15, -0.1) is 0 Å². The maximum atomic E-state index is 10.5. The van der Waals surface area contributed by atoms with Gasteiger partial charge in [-0.05, 0) is 36.6 Å². The maximum absolute atomic E-state index is 10.5. The van der Waals surface area contributed by atoms with Gasteiger partial charge in [0, 0.05) is 31.6 Å². The second-order valence-corrected chi connectivity index (χ2v) is 8.35. The van der Waals surface area contributed by atoms with Crippen LogP contribution in [-0.2, 0) is 0 Å². The third kappa shape index (κ3) is 3.96. The summed E-state index contributed by atoms with van der Waals surface area (Å²) >= 11 is 12.0. The molecular weight excluding hydrogens is 385 g/mol. The van der Waals surface area contributed by atoms with E-state index < -0.39 is 12.2 Å². The molecule has 2 atom stereocenters. The average molecular weight is 408 g/mol. The van der Waals surface area contributed by atoms with Crippen molar-refractivity contribution in [1.29, 1.82) is 0 Å². The Morgan fingerprint density at radius 2 is 1.85 bits per heavy atom. The number of nitrogens with zero attached hydrogens (tertiary/aromatic N) is 1. The van der Waals surface area contributed by atoms with Crippen LogP contribution in [0.1, 0.15) is 42.6 Å². The minimum absolute atomic E-state index is 0.321. The summed E-state index contributed by atoms with van der Waals surface area (Å²) in [5.41, 5.74) is 1.32. The maximum Gasteiger partial charge on any atom is 0.125 e. The van der Waals surface area contributed by atoms with Gasteiger partial charge in [0.15, 0.2) is 0 Å². The van der Waals surface area contributed by atoms with Crippen molar-refractivity contribution < 1.29 is 14.9 Å².